The van der Waals surface area contributed by atoms with Gasteiger partial charge in [-0.1, -0.05) is 19.6 Å². The molecule has 0 aliphatic carbocycles. The molecule has 0 aliphatic heterocycles. The second-order valence-electron chi connectivity index (χ2n) is 9.74. The van der Waals surface area contributed by atoms with E-state index in [2.05, 4.69) is 44.9 Å². The number of ether oxygens (including phenoxy) is 2. The van der Waals surface area contributed by atoms with Gasteiger partial charge in [-0.25, -0.2) is 23.5 Å². The first-order chi connectivity index (χ1) is 17.6. The van der Waals surface area contributed by atoms with E-state index in [9.17, 15) is 13.6 Å². The Morgan fingerprint density at radius 3 is 2.51 bits per heavy atom. The average Bonchev–Trinajstić information content (AvgIpc) is 3.12. The highest BCUT2D eigenvalue weighted by molar-refractivity contribution is 6.76. The van der Waals surface area contributed by atoms with Crippen molar-refractivity contribution in [1.29, 1.82) is 0 Å². The molecule has 4 aromatic rings. The molecule has 0 saturated carbocycles. The first-order valence-corrected chi connectivity index (χ1v) is 15.4. The van der Waals surface area contributed by atoms with Gasteiger partial charge in [0.15, 0.2) is 5.65 Å². The van der Waals surface area contributed by atoms with Gasteiger partial charge >= 0.3 is 5.69 Å². The van der Waals surface area contributed by atoms with Crippen LogP contribution in [0.2, 0.25) is 25.7 Å². The van der Waals surface area contributed by atoms with Crippen LogP contribution in [-0.2, 0) is 11.5 Å². The number of anilines is 2. The standard InChI is InChI=1S/C24H29F2N7O3Si/c1-15(18-7-6-16(25)11-27-18)33-21-20(32(24(33)34)14-36-8-9-37(3,4)5)13-29-23(31-21)30-19-10-17(26)12-28-22(19)35-2/h6-7,10-13,15H,8-9,14H2,1-5H3,(H,29,30,31)/t15-/m1/s1. The molecule has 4 heterocycles. The van der Waals surface area contributed by atoms with Gasteiger partial charge in [-0.3, -0.25) is 14.1 Å². The maximum absolute atomic E-state index is 13.8. The molecule has 0 bridgehead atoms. The smallest absolute Gasteiger partial charge is 0.332 e. The molecule has 10 nitrogen and oxygen atoms in total. The fourth-order valence-corrected chi connectivity index (χ4v) is 4.45. The number of methoxy groups -OCH3 is 1. The van der Waals surface area contributed by atoms with Gasteiger partial charge in [0.1, 0.15) is 29.6 Å². The van der Waals surface area contributed by atoms with Gasteiger partial charge in [-0.05, 0) is 25.1 Å². The van der Waals surface area contributed by atoms with Gasteiger partial charge in [0.2, 0.25) is 11.8 Å². The molecule has 0 spiro atoms. The minimum Gasteiger partial charge on any atom is -0.480 e. The van der Waals surface area contributed by atoms with Crippen molar-refractivity contribution in [2.24, 2.45) is 0 Å². The van der Waals surface area contributed by atoms with Gasteiger partial charge in [0.05, 0.1) is 37.4 Å². The van der Waals surface area contributed by atoms with Crippen LogP contribution in [0, 0.1) is 11.6 Å². The average molecular weight is 530 g/mol. The molecule has 196 valence electrons. The summed E-state index contributed by atoms with van der Waals surface area (Å²) in [5.41, 5.74) is 1.07. The van der Waals surface area contributed by atoms with Gasteiger partial charge in [-0.15, -0.1) is 0 Å². The number of hydrogen-bond acceptors (Lipinski definition) is 8. The van der Waals surface area contributed by atoms with Crippen molar-refractivity contribution in [2.45, 2.75) is 45.4 Å². The summed E-state index contributed by atoms with van der Waals surface area (Å²) in [4.78, 5) is 30.5. The number of pyridine rings is 2. The number of hydrogen-bond donors (Lipinski definition) is 1. The van der Waals surface area contributed by atoms with Crippen LogP contribution in [0.25, 0.3) is 11.2 Å². The van der Waals surface area contributed by atoms with E-state index >= 15 is 0 Å². The summed E-state index contributed by atoms with van der Waals surface area (Å²) in [6.45, 7) is 9.06. The lowest BCUT2D eigenvalue weighted by atomic mass is 10.2. The van der Waals surface area contributed by atoms with Crippen LogP contribution in [0.15, 0.2) is 41.6 Å². The van der Waals surface area contributed by atoms with Crippen LogP contribution < -0.4 is 15.7 Å². The second kappa shape index (κ2) is 10.7. The summed E-state index contributed by atoms with van der Waals surface area (Å²) in [7, 11) is 0.0973. The Labute approximate surface area is 213 Å². The highest BCUT2D eigenvalue weighted by Crippen LogP contribution is 2.26. The Morgan fingerprint density at radius 1 is 1.08 bits per heavy atom. The molecule has 37 heavy (non-hydrogen) atoms. The predicted octanol–water partition coefficient (Wildman–Crippen LogP) is 4.34. The van der Waals surface area contributed by atoms with Gasteiger partial charge in [0.25, 0.3) is 0 Å². The van der Waals surface area contributed by atoms with Crippen molar-refractivity contribution in [2.75, 3.05) is 19.0 Å². The topological polar surface area (TPSA) is 109 Å². The predicted molar refractivity (Wildman–Crippen MR) is 138 cm³/mol. The Bertz CT molecular complexity index is 1450. The number of fused-ring (bicyclic) bond motifs is 1. The first kappa shape index (κ1) is 26.4. The van der Waals surface area contributed by atoms with Crippen molar-refractivity contribution in [3.63, 3.8) is 0 Å². The third-order valence-corrected chi connectivity index (χ3v) is 7.45. The van der Waals surface area contributed by atoms with Crippen LogP contribution in [0.5, 0.6) is 5.88 Å². The Balaban J connectivity index is 1.76. The van der Waals surface area contributed by atoms with E-state index in [1.54, 1.807) is 6.92 Å². The van der Waals surface area contributed by atoms with E-state index in [1.807, 2.05) is 0 Å². The monoisotopic (exact) mass is 529 g/mol. The van der Waals surface area contributed by atoms with E-state index in [-0.39, 0.29) is 29.9 Å². The fourth-order valence-electron chi connectivity index (χ4n) is 3.69. The molecular weight excluding hydrogens is 500 g/mol. The van der Waals surface area contributed by atoms with Crippen molar-refractivity contribution in [3.8, 4) is 5.88 Å². The molecule has 13 heteroatoms. The lowest BCUT2D eigenvalue weighted by molar-refractivity contribution is 0.0870. The molecule has 0 aromatic carbocycles. The highest BCUT2D eigenvalue weighted by Gasteiger charge is 2.23. The zero-order chi connectivity index (χ0) is 26.7. The molecule has 0 fully saturated rings. The first-order valence-electron chi connectivity index (χ1n) is 11.7. The Morgan fingerprint density at radius 2 is 1.84 bits per heavy atom. The maximum Gasteiger partial charge on any atom is 0.332 e. The molecule has 1 N–H and O–H groups in total. The minimum atomic E-state index is -1.31. The van der Waals surface area contributed by atoms with Crippen molar-refractivity contribution in [1.82, 2.24) is 29.1 Å². The number of nitrogens with one attached hydrogen (secondary N) is 1. The normalized spacial score (nSPS) is 12.6. The summed E-state index contributed by atoms with van der Waals surface area (Å²) in [6.07, 6.45) is 3.63. The number of halogens is 2. The van der Waals surface area contributed by atoms with Gasteiger partial charge < -0.3 is 14.8 Å². The van der Waals surface area contributed by atoms with E-state index in [0.29, 0.717) is 23.5 Å². The molecular formula is C24H29F2N7O3Si. The molecule has 0 aliphatic rings. The number of imidazole rings is 1. The lowest BCUT2D eigenvalue weighted by Gasteiger charge is -2.15. The third kappa shape index (κ3) is 5.99. The molecule has 4 aromatic heterocycles. The summed E-state index contributed by atoms with van der Waals surface area (Å²) >= 11 is 0. The van der Waals surface area contributed by atoms with Crippen LogP contribution in [-0.4, -0.2) is 50.9 Å². The lowest BCUT2D eigenvalue weighted by Crippen LogP contribution is -2.29. The minimum absolute atomic E-state index is 0.0220. The van der Waals surface area contributed by atoms with E-state index in [1.165, 1.54) is 40.6 Å². The van der Waals surface area contributed by atoms with Crippen LogP contribution >= 0.6 is 0 Å². The molecule has 1 atom stereocenters. The van der Waals surface area contributed by atoms with Crippen LogP contribution in [0.4, 0.5) is 20.4 Å². The van der Waals surface area contributed by atoms with Crippen LogP contribution in [0.1, 0.15) is 18.7 Å². The fraction of sp³-hybridized carbons (Fsp3) is 0.375. The van der Waals surface area contributed by atoms with Crippen molar-refractivity contribution >= 4 is 30.9 Å². The highest BCUT2D eigenvalue weighted by atomic mass is 28.3. The molecule has 0 saturated heterocycles. The number of aromatic nitrogens is 6. The number of rotatable bonds is 10. The van der Waals surface area contributed by atoms with E-state index in [4.69, 9.17) is 9.47 Å². The third-order valence-electron chi connectivity index (χ3n) is 5.75. The van der Waals surface area contributed by atoms with Crippen LogP contribution in [0.3, 0.4) is 0 Å². The summed E-state index contributed by atoms with van der Waals surface area (Å²) in [5, 5.41) is 2.90. The quantitative estimate of drug-likeness (QED) is 0.239. The largest absolute Gasteiger partial charge is 0.480 e. The Hall–Kier alpha value is -3.71. The zero-order valence-electron chi connectivity index (χ0n) is 21.3. The SMILES string of the molecule is COc1ncc(F)cc1Nc1ncc2c(n1)n([C@H](C)c1ccc(F)cn1)c(=O)n2COCC[Si](C)(C)C. The molecule has 0 unspecified atom stereocenters. The molecule has 0 radical (unpaired) electrons. The summed E-state index contributed by atoms with van der Waals surface area (Å²) < 4.78 is 41.2. The van der Waals surface area contributed by atoms with Gasteiger partial charge in [0, 0.05) is 20.7 Å². The van der Waals surface area contributed by atoms with Crippen molar-refractivity contribution < 1.29 is 18.3 Å². The molecule has 4 rings (SSSR count). The Kier molecular flexibility index (Phi) is 7.64. The summed E-state index contributed by atoms with van der Waals surface area (Å²) in [5.74, 6) is -0.797. The number of nitrogens with zero attached hydrogens (tertiary/aromatic N) is 6. The summed E-state index contributed by atoms with van der Waals surface area (Å²) in [6, 6.07) is 4.38. The molecule has 0 amide bonds. The second-order valence-corrected chi connectivity index (χ2v) is 15.4. The maximum atomic E-state index is 13.8. The zero-order valence-corrected chi connectivity index (χ0v) is 22.3. The van der Waals surface area contributed by atoms with Gasteiger partial charge in [-0.2, -0.15) is 4.98 Å². The van der Waals surface area contributed by atoms with E-state index < -0.39 is 25.8 Å². The van der Waals surface area contributed by atoms with Crippen molar-refractivity contribution in [3.05, 3.63) is 64.6 Å². The van der Waals surface area contributed by atoms with E-state index in [0.717, 1.165) is 18.4 Å².